The molecule has 0 amide bonds. The summed E-state index contributed by atoms with van der Waals surface area (Å²) < 4.78 is 0. The molecule has 0 fully saturated rings. The minimum Gasteiger partial charge on any atom is -0.398 e. The maximum absolute atomic E-state index is 5.83. The van der Waals surface area contributed by atoms with Gasteiger partial charge in [-0.1, -0.05) is 30.4 Å². The fourth-order valence-electron chi connectivity index (χ4n) is 1.02. The Balaban J connectivity index is 3.00. The number of rotatable bonds is 2. The van der Waals surface area contributed by atoms with Gasteiger partial charge in [0.15, 0.2) is 0 Å². The zero-order valence-electron chi connectivity index (χ0n) is 7.05. The molecule has 1 rings (SSSR count). The number of allylic oxidation sites excluding steroid dienone is 1. The van der Waals surface area contributed by atoms with Gasteiger partial charge in [0.2, 0.25) is 0 Å². The maximum Gasteiger partial charge on any atom is 0.0417 e. The Bertz CT molecular complexity index is 292. The third kappa shape index (κ3) is 2.02. The van der Waals surface area contributed by atoms with E-state index in [2.05, 4.69) is 0 Å². The molecule has 0 unspecified atom stereocenters. The predicted octanol–water partition coefficient (Wildman–Crippen LogP) is 2.83. The summed E-state index contributed by atoms with van der Waals surface area (Å²) in [5.41, 5.74) is 8.80. The minimum absolute atomic E-state index is 0.521. The van der Waals surface area contributed by atoms with E-state index in [1.165, 1.54) is 0 Å². The Morgan fingerprint density at radius 2 is 2.25 bits per heavy atom. The first kappa shape index (κ1) is 9.14. The molecule has 1 aromatic rings. The zero-order valence-corrected chi connectivity index (χ0v) is 7.81. The van der Waals surface area contributed by atoms with Crippen LogP contribution in [0.1, 0.15) is 11.1 Å². The van der Waals surface area contributed by atoms with Crippen LogP contribution in [0.4, 0.5) is 5.69 Å². The maximum atomic E-state index is 5.83. The largest absolute Gasteiger partial charge is 0.398 e. The summed E-state index contributed by atoms with van der Waals surface area (Å²) in [7, 11) is 0. The summed E-state index contributed by atoms with van der Waals surface area (Å²) in [6.07, 6.45) is 3.82. The molecular formula is C10H12ClN. The van der Waals surface area contributed by atoms with Gasteiger partial charge >= 0.3 is 0 Å². The normalized spacial score (nSPS) is 10.8. The van der Waals surface area contributed by atoms with Crippen LogP contribution >= 0.6 is 11.6 Å². The van der Waals surface area contributed by atoms with E-state index in [0.717, 1.165) is 16.8 Å². The molecule has 0 aromatic heterocycles. The highest BCUT2D eigenvalue weighted by molar-refractivity contribution is 6.19. The Hall–Kier alpha value is -0.950. The van der Waals surface area contributed by atoms with Crippen molar-refractivity contribution in [2.75, 3.05) is 11.6 Å². The molecule has 0 aliphatic carbocycles. The lowest BCUT2D eigenvalue weighted by Crippen LogP contribution is -1.92. The SMILES string of the molecule is Cc1cccc(C=CCCl)c1N. The van der Waals surface area contributed by atoms with Crippen LogP contribution in [0.15, 0.2) is 24.3 Å². The molecule has 0 saturated heterocycles. The first-order valence-electron chi connectivity index (χ1n) is 3.83. The number of aryl methyl sites for hydroxylation is 1. The lowest BCUT2D eigenvalue weighted by molar-refractivity contribution is 1.46. The molecule has 1 nitrogen and oxygen atoms in total. The second-order valence-corrected chi connectivity index (χ2v) is 2.94. The van der Waals surface area contributed by atoms with Gasteiger partial charge < -0.3 is 5.73 Å². The molecule has 0 aliphatic heterocycles. The first-order valence-corrected chi connectivity index (χ1v) is 4.36. The summed E-state index contributed by atoms with van der Waals surface area (Å²) in [5.74, 6) is 0.521. The van der Waals surface area contributed by atoms with Crippen molar-refractivity contribution in [2.45, 2.75) is 6.92 Å². The fraction of sp³-hybridized carbons (Fsp3) is 0.200. The Morgan fingerprint density at radius 3 is 2.92 bits per heavy atom. The highest BCUT2D eigenvalue weighted by Gasteiger charge is 1.95. The Morgan fingerprint density at radius 1 is 1.50 bits per heavy atom. The molecule has 0 bridgehead atoms. The van der Waals surface area contributed by atoms with Crippen molar-refractivity contribution in [1.82, 2.24) is 0 Å². The summed E-state index contributed by atoms with van der Waals surface area (Å²) in [6.45, 7) is 1.99. The Labute approximate surface area is 77.8 Å². The molecule has 64 valence electrons. The molecule has 0 spiro atoms. The summed E-state index contributed by atoms with van der Waals surface area (Å²) in [4.78, 5) is 0. The predicted molar refractivity (Wildman–Crippen MR) is 55.3 cm³/mol. The molecular weight excluding hydrogens is 170 g/mol. The first-order chi connectivity index (χ1) is 5.75. The topological polar surface area (TPSA) is 26.0 Å². The van der Waals surface area contributed by atoms with E-state index in [4.69, 9.17) is 17.3 Å². The van der Waals surface area contributed by atoms with Crippen LogP contribution in [0.25, 0.3) is 6.08 Å². The highest BCUT2D eigenvalue weighted by Crippen LogP contribution is 2.17. The van der Waals surface area contributed by atoms with E-state index < -0.39 is 0 Å². The van der Waals surface area contributed by atoms with Gasteiger partial charge in [0.05, 0.1) is 0 Å². The van der Waals surface area contributed by atoms with Crippen LogP contribution in [0.2, 0.25) is 0 Å². The van der Waals surface area contributed by atoms with Gasteiger partial charge in [-0.15, -0.1) is 11.6 Å². The molecule has 2 heteroatoms. The van der Waals surface area contributed by atoms with E-state index in [-0.39, 0.29) is 0 Å². The van der Waals surface area contributed by atoms with Crippen LogP contribution in [-0.2, 0) is 0 Å². The number of halogens is 1. The van der Waals surface area contributed by atoms with Gasteiger partial charge in [0, 0.05) is 11.6 Å². The summed E-state index contributed by atoms with van der Waals surface area (Å²) in [5, 5.41) is 0. The van der Waals surface area contributed by atoms with Gasteiger partial charge in [-0.2, -0.15) is 0 Å². The number of para-hydroxylation sites is 1. The van der Waals surface area contributed by atoms with Crippen molar-refractivity contribution in [1.29, 1.82) is 0 Å². The number of nitrogens with two attached hydrogens (primary N) is 1. The van der Waals surface area contributed by atoms with Gasteiger partial charge in [0.25, 0.3) is 0 Å². The van der Waals surface area contributed by atoms with Crippen LogP contribution in [-0.4, -0.2) is 5.88 Å². The third-order valence-corrected chi connectivity index (χ3v) is 1.92. The van der Waals surface area contributed by atoms with E-state index in [1.807, 2.05) is 37.3 Å². The van der Waals surface area contributed by atoms with Crippen molar-refractivity contribution in [2.24, 2.45) is 0 Å². The molecule has 1 aromatic carbocycles. The molecule has 2 N–H and O–H groups in total. The monoisotopic (exact) mass is 181 g/mol. The molecule has 0 aliphatic rings. The van der Waals surface area contributed by atoms with Crippen molar-refractivity contribution in [3.8, 4) is 0 Å². The van der Waals surface area contributed by atoms with Gasteiger partial charge in [0.1, 0.15) is 0 Å². The fourth-order valence-corrected chi connectivity index (χ4v) is 1.11. The van der Waals surface area contributed by atoms with E-state index in [1.54, 1.807) is 0 Å². The van der Waals surface area contributed by atoms with Crippen LogP contribution < -0.4 is 5.73 Å². The van der Waals surface area contributed by atoms with Gasteiger partial charge in [-0.25, -0.2) is 0 Å². The number of hydrogen-bond donors (Lipinski definition) is 1. The van der Waals surface area contributed by atoms with Crippen molar-refractivity contribution < 1.29 is 0 Å². The van der Waals surface area contributed by atoms with Crippen molar-refractivity contribution in [3.05, 3.63) is 35.4 Å². The lowest BCUT2D eigenvalue weighted by Gasteiger charge is -2.02. The van der Waals surface area contributed by atoms with E-state index in [0.29, 0.717) is 5.88 Å². The second kappa shape index (κ2) is 4.17. The molecule has 0 atom stereocenters. The highest BCUT2D eigenvalue weighted by atomic mass is 35.5. The van der Waals surface area contributed by atoms with Crippen LogP contribution in [0.5, 0.6) is 0 Å². The number of nitrogen functional groups attached to an aromatic ring is 1. The number of alkyl halides is 1. The average molecular weight is 182 g/mol. The number of anilines is 1. The smallest absolute Gasteiger partial charge is 0.0417 e. The van der Waals surface area contributed by atoms with Crippen molar-refractivity contribution >= 4 is 23.4 Å². The van der Waals surface area contributed by atoms with Crippen LogP contribution in [0.3, 0.4) is 0 Å². The Kier molecular flexibility index (Phi) is 3.18. The molecule has 0 saturated carbocycles. The van der Waals surface area contributed by atoms with E-state index >= 15 is 0 Å². The van der Waals surface area contributed by atoms with Gasteiger partial charge in [-0.05, 0) is 18.1 Å². The van der Waals surface area contributed by atoms with E-state index in [9.17, 15) is 0 Å². The summed E-state index contributed by atoms with van der Waals surface area (Å²) in [6, 6.07) is 5.96. The summed E-state index contributed by atoms with van der Waals surface area (Å²) >= 11 is 5.52. The molecule has 12 heavy (non-hydrogen) atoms. The second-order valence-electron chi connectivity index (χ2n) is 2.63. The molecule has 0 heterocycles. The van der Waals surface area contributed by atoms with Crippen LogP contribution in [0, 0.1) is 6.92 Å². The third-order valence-electron chi connectivity index (χ3n) is 1.74. The lowest BCUT2D eigenvalue weighted by atomic mass is 10.1. The van der Waals surface area contributed by atoms with Crippen molar-refractivity contribution in [3.63, 3.8) is 0 Å². The number of benzene rings is 1. The average Bonchev–Trinajstić information content (AvgIpc) is 2.08. The quantitative estimate of drug-likeness (QED) is 0.551. The standard InChI is InChI=1S/C10H12ClN/c1-8-4-2-5-9(10(8)12)6-3-7-11/h2-6H,7,12H2,1H3. The van der Waals surface area contributed by atoms with Gasteiger partial charge in [-0.3, -0.25) is 0 Å². The number of hydrogen-bond acceptors (Lipinski definition) is 1. The zero-order chi connectivity index (χ0) is 8.97. The molecule has 0 radical (unpaired) electrons. The minimum atomic E-state index is 0.521.